The molecule has 1 amide bonds. The summed E-state index contributed by atoms with van der Waals surface area (Å²) in [7, 11) is 0. The highest BCUT2D eigenvalue weighted by molar-refractivity contribution is 7.96. The van der Waals surface area contributed by atoms with E-state index >= 15 is 0 Å². The van der Waals surface area contributed by atoms with Crippen LogP contribution in [0.5, 0.6) is 0 Å². The van der Waals surface area contributed by atoms with Crippen molar-refractivity contribution in [2.75, 3.05) is 37.6 Å². The lowest BCUT2D eigenvalue weighted by Gasteiger charge is -2.34. The number of hydrogen-bond donors (Lipinski definition) is 0. The van der Waals surface area contributed by atoms with Gasteiger partial charge in [-0.05, 0) is 23.3 Å². The molecule has 0 atom stereocenters. The van der Waals surface area contributed by atoms with Crippen molar-refractivity contribution in [3.63, 3.8) is 0 Å². The molecule has 1 aliphatic rings. The number of amides is 1. The van der Waals surface area contributed by atoms with Crippen LogP contribution < -0.4 is 4.90 Å². The highest BCUT2D eigenvalue weighted by atomic mass is 32.2. The topological polar surface area (TPSA) is 26.8 Å². The molecule has 4 nitrogen and oxygen atoms in total. The lowest BCUT2D eigenvalue weighted by molar-refractivity contribution is -0.135. The molecule has 0 aliphatic carbocycles. The highest BCUT2D eigenvalue weighted by Crippen LogP contribution is 2.27. The average Bonchev–Trinajstić information content (AvgIpc) is 2.79. The van der Waals surface area contributed by atoms with Crippen LogP contribution in [0, 0.1) is 0 Å². The van der Waals surface area contributed by atoms with Gasteiger partial charge in [0, 0.05) is 44.2 Å². The van der Waals surface area contributed by atoms with Crippen LogP contribution in [0.25, 0.3) is 0 Å². The minimum absolute atomic E-state index is 0.218. The molecule has 0 saturated carbocycles. The summed E-state index contributed by atoms with van der Waals surface area (Å²) < 4.78 is 40.4. The van der Waals surface area contributed by atoms with Crippen LogP contribution in [0.3, 0.4) is 0 Å². The van der Waals surface area contributed by atoms with Gasteiger partial charge in [0.1, 0.15) is 6.54 Å². The van der Waals surface area contributed by atoms with Crippen molar-refractivity contribution in [2.24, 2.45) is 0 Å². The van der Waals surface area contributed by atoms with Crippen LogP contribution in [0.1, 0.15) is 25.0 Å². The van der Waals surface area contributed by atoms with Crippen LogP contribution in [-0.2, 0) is 17.1 Å². The van der Waals surface area contributed by atoms with Gasteiger partial charge in [-0.1, -0.05) is 68.3 Å². The Labute approximate surface area is 187 Å². The molecule has 1 saturated heterocycles. The number of carbonyl (C=O) groups excluding carboxylic acids is 1. The molecule has 8 heteroatoms. The van der Waals surface area contributed by atoms with E-state index in [0.717, 1.165) is 36.3 Å². The number of hydrogen-bond acceptors (Lipinski definition) is 4. The predicted octanol–water partition coefficient (Wildman–Crippen LogP) is 5.20. The van der Waals surface area contributed by atoms with Gasteiger partial charge in [-0.3, -0.25) is 4.79 Å². The van der Waals surface area contributed by atoms with E-state index in [2.05, 4.69) is 4.90 Å². The minimum atomic E-state index is -4.25. The van der Waals surface area contributed by atoms with Crippen molar-refractivity contribution in [2.45, 2.75) is 32.3 Å². The third kappa shape index (κ3) is 8.83. The summed E-state index contributed by atoms with van der Waals surface area (Å²) in [5, 5.41) is 0. The molecule has 0 aromatic heterocycles. The van der Waals surface area contributed by atoms with Crippen molar-refractivity contribution < 1.29 is 18.0 Å². The van der Waals surface area contributed by atoms with Crippen molar-refractivity contribution in [3.8, 4) is 0 Å². The van der Waals surface area contributed by atoms with Crippen molar-refractivity contribution in [3.05, 3.63) is 65.7 Å². The quantitative estimate of drug-likeness (QED) is 0.405. The fourth-order valence-corrected chi connectivity index (χ4v) is 4.19. The lowest BCUT2D eigenvalue weighted by atomic mass is 10.2. The van der Waals surface area contributed by atoms with Gasteiger partial charge in [0.05, 0.1) is 0 Å². The molecule has 1 aliphatic heterocycles. The Morgan fingerprint density at radius 1 is 0.935 bits per heavy atom. The second-order valence-corrected chi connectivity index (χ2v) is 8.03. The molecule has 0 radical (unpaired) electrons. The van der Waals surface area contributed by atoms with Crippen molar-refractivity contribution in [1.29, 1.82) is 0 Å². The van der Waals surface area contributed by atoms with E-state index < -0.39 is 12.7 Å². The zero-order valence-corrected chi connectivity index (χ0v) is 18.8. The third-order valence-electron chi connectivity index (χ3n) is 4.74. The Bertz CT molecular complexity index is 764. The van der Waals surface area contributed by atoms with Crippen LogP contribution in [-0.4, -0.2) is 54.5 Å². The van der Waals surface area contributed by atoms with E-state index in [4.69, 9.17) is 0 Å². The lowest BCUT2D eigenvalue weighted by Crippen LogP contribution is -2.45. The van der Waals surface area contributed by atoms with E-state index in [1.807, 2.05) is 68.4 Å². The van der Waals surface area contributed by atoms with Crippen LogP contribution in [0.4, 0.5) is 18.9 Å². The first-order valence-corrected chi connectivity index (χ1v) is 11.4. The van der Waals surface area contributed by atoms with Crippen molar-refractivity contribution >= 4 is 24.0 Å². The Kier molecular flexibility index (Phi) is 10.2. The van der Waals surface area contributed by atoms with Gasteiger partial charge >= 0.3 is 6.18 Å². The summed E-state index contributed by atoms with van der Waals surface area (Å²) in [6.07, 6.45) is -3.38. The zero-order chi connectivity index (χ0) is 22.7. The van der Waals surface area contributed by atoms with Gasteiger partial charge in [0.25, 0.3) is 0 Å². The largest absolute Gasteiger partial charge is 0.402 e. The zero-order valence-electron chi connectivity index (χ0n) is 18.0. The Morgan fingerprint density at radius 2 is 1.55 bits per heavy atom. The van der Waals surface area contributed by atoms with Gasteiger partial charge in [-0.25, -0.2) is 4.31 Å². The summed E-state index contributed by atoms with van der Waals surface area (Å²) in [6, 6.07) is 17.1. The molecule has 170 valence electrons. The Hall–Kier alpha value is -2.19. The van der Waals surface area contributed by atoms with E-state index in [0.29, 0.717) is 18.8 Å². The first-order valence-electron chi connectivity index (χ1n) is 10.4. The standard InChI is InChI=1S/C21H24F3N3OS.C2H6/c22-21(23,24)16-27(29-15-19-4-2-1-3-5-19)14-18-6-8-20(9-7-18)26-12-10-25(17-28)11-13-26;1-2/h1-9,17H,10-16H2;1-2H3. The van der Waals surface area contributed by atoms with E-state index in [1.165, 1.54) is 16.3 Å². The van der Waals surface area contributed by atoms with Gasteiger partial charge < -0.3 is 9.80 Å². The molecular formula is C23H30F3N3OS. The number of alkyl halides is 3. The second-order valence-electron chi connectivity index (χ2n) is 6.97. The van der Waals surface area contributed by atoms with Crippen molar-refractivity contribution in [1.82, 2.24) is 9.21 Å². The Morgan fingerprint density at radius 3 is 2.10 bits per heavy atom. The minimum Gasteiger partial charge on any atom is -0.368 e. The van der Waals surface area contributed by atoms with Gasteiger partial charge in [-0.2, -0.15) is 13.2 Å². The maximum absolute atomic E-state index is 13.0. The summed E-state index contributed by atoms with van der Waals surface area (Å²) in [5.41, 5.74) is 2.86. The fraction of sp³-hybridized carbons (Fsp3) is 0.435. The molecule has 2 aromatic rings. The normalized spacial score (nSPS) is 14.3. The van der Waals surface area contributed by atoms with E-state index in [1.54, 1.807) is 4.90 Å². The van der Waals surface area contributed by atoms with Gasteiger partial charge in [0.15, 0.2) is 0 Å². The molecule has 0 N–H and O–H groups in total. The number of piperazine rings is 1. The second kappa shape index (κ2) is 12.6. The maximum Gasteiger partial charge on any atom is 0.402 e. The number of carbonyl (C=O) groups is 1. The number of halogens is 3. The maximum atomic E-state index is 13.0. The van der Waals surface area contributed by atoms with Crippen LogP contribution in [0.15, 0.2) is 54.6 Å². The number of benzene rings is 2. The molecule has 0 bridgehead atoms. The molecule has 0 spiro atoms. The monoisotopic (exact) mass is 453 g/mol. The molecule has 3 rings (SSSR count). The van der Waals surface area contributed by atoms with Crippen LogP contribution >= 0.6 is 11.9 Å². The summed E-state index contributed by atoms with van der Waals surface area (Å²) in [5.74, 6) is 0.496. The van der Waals surface area contributed by atoms with Crippen LogP contribution in [0.2, 0.25) is 0 Å². The van der Waals surface area contributed by atoms with E-state index in [9.17, 15) is 18.0 Å². The molecule has 2 aromatic carbocycles. The molecule has 31 heavy (non-hydrogen) atoms. The molecule has 1 fully saturated rings. The smallest absolute Gasteiger partial charge is 0.368 e. The summed E-state index contributed by atoms with van der Waals surface area (Å²) in [4.78, 5) is 14.7. The third-order valence-corrected chi connectivity index (χ3v) is 5.82. The fourth-order valence-electron chi connectivity index (χ4n) is 3.19. The number of nitrogens with zero attached hydrogens (tertiary/aromatic N) is 3. The first-order chi connectivity index (χ1) is 14.9. The van der Waals surface area contributed by atoms with Gasteiger partial charge in [0.2, 0.25) is 6.41 Å². The SMILES string of the molecule is CC.O=CN1CCN(c2ccc(CN(CC(F)(F)F)SCc3ccccc3)cc2)CC1. The number of rotatable bonds is 8. The van der Waals surface area contributed by atoms with Gasteiger partial charge in [-0.15, -0.1) is 0 Å². The molecular weight excluding hydrogens is 423 g/mol. The molecule has 0 unspecified atom stereocenters. The van der Waals surface area contributed by atoms with E-state index in [-0.39, 0.29) is 6.54 Å². The first kappa shape index (κ1) is 25.1. The summed E-state index contributed by atoms with van der Waals surface area (Å²) in [6.45, 7) is 6.13. The molecule has 1 heterocycles. The number of anilines is 1. The predicted molar refractivity (Wildman–Crippen MR) is 122 cm³/mol. The summed E-state index contributed by atoms with van der Waals surface area (Å²) >= 11 is 1.20. The highest BCUT2D eigenvalue weighted by Gasteiger charge is 2.31. The Balaban J connectivity index is 0.00000166. The average molecular weight is 454 g/mol.